The lowest BCUT2D eigenvalue weighted by Gasteiger charge is -2.19. The Hall–Kier alpha value is -1.45. The minimum Gasteiger partial charge on any atom is -0.377 e. The van der Waals surface area contributed by atoms with E-state index in [-0.39, 0.29) is 6.10 Å². The highest BCUT2D eigenvalue weighted by Crippen LogP contribution is 2.17. The van der Waals surface area contributed by atoms with Crippen molar-refractivity contribution in [2.24, 2.45) is 0 Å². The smallest absolute Gasteiger partial charge is 0.0704 e. The molecule has 0 aliphatic rings. The molecule has 0 fully saturated rings. The van der Waals surface area contributed by atoms with Crippen LogP contribution in [0.15, 0.2) is 36.5 Å². The van der Waals surface area contributed by atoms with E-state index in [4.69, 9.17) is 4.74 Å². The van der Waals surface area contributed by atoms with Gasteiger partial charge in [0, 0.05) is 17.6 Å². The van der Waals surface area contributed by atoms with Crippen LogP contribution >= 0.6 is 0 Å². The number of para-hydroxylation sites is 1. The molecule has 2 aromatic rings. The number of hydrogen-bond donors (Lipinski definition) is 1. The summed E-state index contributed by atoms with van der Waals surface area (Å²) in [5, 5.41) is 4.56. The van der Waals surface area contributed by atoms with E-state index >= 15 is 0 Å². The van der Waals surface area contributed by atoms with Gasteiger partial charge < -0.3 is 10.1 Å². The van der Waals surface area contributed by atoms with Gasteiger partial charge in [0.25, 0.3) is 0 Å². The number of likely N-dealkylation sites (N-methyl/N-ethyl adjacent to an activating group) is 1. The summed E-state index contributed by atoms with van der Waals surface area (Å²) in [5.74, 6) is 0. The zero-order valence-corrected chi connectivity index (χ0v) is 11.9. The van der Waals surface area contributed by atoms with Crippen molar-refractivity contribution in [3.63, 3.8) is 0 Å². The molecule has 1 aromatic heterocycles. The summed E-state index contributed by atoms with van der Waals surface area (Å²) in [7, 11) is 1.98. The molecule has 102 valence electrons. The van der Waals surface area contributed by atoms with Crippen LogP contribution < -0.4 is 5.32 Å². The Morgan fingerprint density at radius 2 is 2.00 bits per heavy atom. The van der Waals surface area contributed by atoms with Crippen LogP contribution in [0.25, 0.3) is 10.9 Å². The van der Waals surface area contributed by atoms with Gasteiger partial charge in [-0.3, -0.25) is 4.98 Å². The summed E-state index contributed by atoms with van der Waals surface area (Å²) in [6, 6.07) is 10.7. The van der Waals surface area contributed by atoms with Gasteiger partial charge in [-0.1, -0.05) is 18.2 Å². The van der Waals surface area contributed by atoms with Crippen molar-refractivity contribution in [2.45, 2.75) is 32.4 Å². The van der Waals surface area contributed by atoms with Gasteiger partial charge in [-0.05, 0) is 45.0 Å². The number of hydrogen-bond acceptors (Lipinski definition) is 3. The zero-order chi connectivity index (χ0) is 13.7. The van der Waals surface area contributed by atoms with Gasteiger partial charge in [-0.25, -0.2) is 0 Å². The van der Waals surface area contributed by atoms with Crippen LogP contribution in [-0.4, -0.2) is 30.8 Å². The Morgan fingerprint density at radius 1 is 1.21 bits per heavy atom. The van der Waals surface area contributed by atoms with E-state index in [1.807, 2.05) is 19.3 Å². The fourth-order valence-electron chi connectivity index (χ4n) is 2.15. The average molecular weight is 258 g/mol. The molecule has 0 saturated heterocycles. The maximum absolute atomic E-state index is 5.70. The van der Waals surface area contributed by atoms with Crippen molar-refractivity contribution in [1.29, 1.82) is 0 Å². The Labute approximate surface area is 115 Å². The van der Waals surface area contributed by atoms with Gasteiger partial charge in [-0.15, -0.1) is 0 Å². The molecule has 0 spiro atoms. The largest absolute Gasteiger partial charge is 0.377 e. The summed E-state index contributed by atoms with van der Waals surface area (Å²) in [6.45, 7) is 4.86. The maximum Gasteiger partial charge on any atom is 0.0704 e. The van der Waals surface area contributed by atoms with Crippen LogP contribution in [0.3, 0.4) is 0 Å². The molecule has 1 N–H and O–H groups in total. The number of rotatable bonds is 6. The highest BCUT2D eigenvalue weighted by Gasteiger charge is 2.10. The molecule has 0 amide bonds. The van der Waals surface area contributed by atoms with Crippen molar-refractivity contribution in [1.82, 2.24) is 10.3 Å². The van der Waals surface area contributed by atoms with Gasteiger partial charge >= 0.3 is 0 Å². The number of nitrogens with one attached hydrogen (secondary N) is 1. The van der Waals surface area contributed by atoms with Gasteiger partial charge in [0.15, 0.2) is 0 Å². The predicted molar refractivity (Wildman–Crippen MR) is 79.4 cm³/mol. The molecule has 1 heterocycles. The van der Waals surface area contributed by atoms with Gasteiger partial charge in [-0.2, -0.15) is 0 Å². The van der Waals surface area contributed by atoms with Gasteiger partial charge in [0.05, 0.1) is 18.2 Å². The summed E-state index contributed by atoms with van der Waals surface area (Å²) in [6.07, 6.45) is 3.10. The number of ether oxygens (including phenoxy) is 1. The molecule has 1 aromatic carbocycles. The first-order valence-corrected chi connectivity index (χ1v) is 6.82. The Kier molecular flexibility index (Phi) is 4.88. The second-order valence-electron chi connectivity index (χ2n) is 5.06. The van der Waals surface area contributed by atoms with Crippen LogP contribution in [0.4, 0.5) is 0 Å². The first-order valence-electron chi connectivity index (χ1n) is 6.82. The van der Waals surface area contributed by atoms with E-state index < -0.39 is 0 Å². The molecular formula is C16H22N2O. The minimum absolute atomic E-state index is 0.269. The second-order valence-corrected chi connectivity index (χ2v) is 5.06. The molecule has 1 unspecified atom stereocenters. The average Bonchev–Trinajstić information content (AvgIpc) is 2.43. The summed E-state index contributed by atoms with van der Waals surface area (Å²) < 4.78 is 5.70. The van der Waals surface area contributed by atoms with E-state index in [1.54, 1.807) is 0 Å². The monoisotopic (exact) mass is 258 g/mol. The van der Waals surface area contributed by atoms with E-state index in [0.29, 0.717) is 6.04 Å². The molecule has 0 radical (unpaired) electrons. The molecular weight excluding hydrogens is 236 g/mol. The Morgan fingerprint density at radius 3 is 2.74 bits per heavy atom. The summed E-state index contributed by atoms with van der Waals surface area (Å²) >= 11 is 0. The van der Waals surface area contributed by atoms with Crippen molar-refractivity contribution >= 4 is 10.9 Å². The molecule has 3 nitrogen and oxygen atoms in total. The number of fused-ring (bicyclic) bond motifs is 1. The summed E-state index contributed by atoms with van der Waals surface area (Å²) in [5.41, 5.74) is 2.37. The van der Waals surface area contributed by atoms with Crippen LogP contribution in [0.1, 0.15) is 19.4 Å². The first kappa shape index (κ1) is 14.0. The fourth-order valence-corrected chi connectivity index (χ4v) is 2.15. The number of benzene rings is 1. The molecule has 1 atom stereocenters. The lowest BCUT2D eigenvalue weighted by Crippen LogP contribution is -2.33. The van der Waals surface area contributed by atoms with Crippen LogP contribution in [-0.2, 0) is 11.2 Å². The van der Waals surface area contributed by atoms with E-state index in [9.17, 15) is 0 Å². The molecule has 19 heavy (non-hydrogen) atoms. The molecule has 0 saturated carbocycles. The van der Waals surface area contributed by atoms with Gasteiger partial charge in [0.1, 0.15) is 0 Å². The van der Waals surface area contributed by atoms with Crippen molar-refractivity contribution in [2.75, 3.05) is 13.7 Å². The molecule has 0 aliphatic heterocycles. The van der Waals surface area contributed by atoms with Crippen LogP contribution in [0.2, 0.25) is 0 Å². The quantitative estimate of drug-likeness (QED) is 0.865. The predicted octanol–water partition coefficient (Wildman–Crippen LogP) is 2.79. The van der Waals surface area contributed by atoms with Crippen LogP contribution in [0.5, 0.6) is 0 Å². The van der Waals surface area contributed by atoms with E-state index in [0.717, 1.165) is 18.5 Å². The van der Waals surface area contributed by atoms with Crippen molar-refractivity contribution < 1.29 is 4.74 Å². The first-order chi connectivity index (χ1) is 9.20. The molecule has 0 bridgehead atoms. The molecule has 0 aliphatic carbocycles. The minimum atomic E-state index is 0.269. The lowest BCUT2D eigenvalue weighted by molar-refractivity contribution is 0.0628. The standard InChI is InChI=1S/C16H22N2O/c1-12(2)19-11-14(17-3)10-13-8-9-18-16-7-5-4-6-15(13)16/h4-9,12,14,17H,10-11H2,1-3H3. The highest BCUT2D eigenvalue weighted by atomic mass is 16.5. The van der Waals surface area contributed by atoms with Crippen molar-refractivity contribution in [3.05, 3.63) is 42.1 Å². The lowest BCUT2D eigenvalue weighted by atomic mass is 10.0. The SMILES string of the molecule is CNC(COC(C)C)Cc1ccnc2ccccc12. The number of pyridine rings is 1. The number of nitrogens with zero attached hydrogens (tertiary/aromatic N) is 1. The highest BCUT2D eigenvalue weighted by molar-refractivity contribution is 5.81. The zero-order valence-electron chi connectivity index (χ0n) is 11.9. The summed E-state index contributed by atoms with van der Waals surface area (Å²) in [4.78, 5) is 4.40. The third-order valence-electron chi connectivity index (χ3n) is 3.24. The topological polar surface area (TPSA) is 34.1 Å². The van der Waals surface area contributed by atoms with E-state index in [1.165, 1.54) is 10.9 Å². The molecule has 3 heteroatoms. The number of aromatic nitrogens is 1. The Balaban J connectivity index is 2.15. The van der Waals surface area contributed by atoms with Gasteiger partial charge in [0.2, 0.25) is 0 Å². The molecule has 2 rings (SSSR count). The Bertz CT molecular complexity index is 520. The van der Waals surface area contributed by atoms with E-state index in [2.05, 4.69) is 48.4 Å². The third kappa shape index (κ3) is 3.75. The fraction of sp³-hybridized carbons (Fsp3) is 0.438. The van der Waals surface area contributed by atoms with Crippen LogP contribution in [0, 0.1) is 0 Å². The maximum atomic E-state index is 5.70. The second kappa shape index (κ2) is 6.64. The third-order valence-corrected chi connectivity index (χ3v) is 3.24. The normalized spacial score (nSPS) is 13.1. The van der Waals surface area contributed by atoms with Crippen molar-refractivity contribution in [3.8, 4) is 0 Å².